The lowest BCUT2D eigenvalue weighted by Gasteiger charge is -2.19. The summed E-state index contributed by atoms with van der Waals surface area (Å²) in [6, 6.07) is 7.25. The van der Waals surface area contributed by atoms with Crippen LogP contribution >= 0.6 is 0 Å². The van der Waals surface area contributed by atoms with Crippen LogP contribution in [0.1, 0.15) is 34.5 Å². The van der Waals surface area contributed by atoms with Crippen molar-refractivity contribution in [1.29, 1.82) is 0 Å². The molecule has 4 atom stereocenters. The summed E-state index contributed by atoms with van der Waals surface area (Å²) in [6.45, 7) is 2.60. The molecule has 2 saturated heterocycles. The first-order chi connectivity index (χ1) is 14.0. The Bertz CT molecular complexity index is 885. The van der Waals surface area contributed by atoms with Crippen LogP contribution in [0.5, 0.6) is 23.0 Å². The van der Waals surface area contributed by atoms with E-state index in [9.17, 15) is 15.3 Å². The third kappa shape index (κ3) is 3.29. The van der Waals surface area contributed by atoms with Gasteiger partial charge in [0.15, 0.2) is 23.0 Å². The van der Waals surface area contributed by atoms with Crippen molar-refractivity contribution in [2.75, 3.05) is 27.4 Å². The zero-order chi connectivity index (χ0) is 20.7. The first kappa shape index (κ1) is 19.8. The van der Waals surface area contributed by atoms with Gasteiger partial charge in [-0.05, 0) is 47.9 Å². The third-order valence-corrected chi connectivity index (χ3v) is 6.00. The average Bonchev–Trinajstić information content (AvgIpc) is 3.32. The van der Waals surface area contributed by atoms with E-state index in [4.69, 9.17) is 18.9 Å². The second-order valence-electron chi connectivity index (χ2n) is 7.61. The highest BCUT2D eigenvalue weighted by molar-refractivity contribution is 5.50. The molecule has 7 nitrogen and oxygen atoms in total. The lowest BCUT2D eigenvalue weighted by molar-refractivity contribution is 0.0191. The Hall–Kier alpha value is -2.48. The maximum absolute atomic E-state index is 10.1. The molecule has 2 unspecified atom stereocenters. The van der Waals surface area contributed by atoms with Crippen LogP contribution in [0.3, 0.4) is 0 Å². The summed E-state index contributed by atoms with van der Waals surface area (Å²) < 4.78 is 22.8. The Labute approximate surface area is 169 Å². The van der Waals surface area contributed by atoms with Gasteiger partial charge in [0.2, 0.25) is 0 Å². The number of ether oxygens (including phenoxy) is 4. The molecule has 0 radical (unpaired) electrons. The van der Waals surface area contributed by atoms with Crippen LogP contribution in [0.2, 0.25) is 0 Å². The van der Waals surface area contributed by atoms with Crippen molar-refractivity contribution in [3.63, 3.8) is 0 Å². The topological polar surface area (TPSA) is 97.6 Å². The highest BCUT2D eigenvalue weighted by Gasteiger charge is 2.48. The number of aliphatic hydroxyl groups is 1. The van der Waals surface area contributed by atoms with Gasteiger partial charge in [-0.1, -0.05) is 0 Å². The number of aryl methyl sites for hydroxylation is 1. The third-order valence-electron chi connectivity index (χ3n) is 6.00. The summed E-state index contributed by atoms with van der Waals surface area (Å²) in [6.07, 6.45) is -0.376. The van der Waals surface area contributed by atoms with E-state index in [1.807, 2.05) is 19.1 Å². The maximum Gasteiger partial charge on any atom is 0.163 e. The quantitative estimate of drug-likeness (QED) is 0.707. The van der Waals surface area contributed by atoms with Crippen molar-refractivity contribution < 1.29 is 34.3 Å². The standard InChI is InChI=1S/C22H26O7/c1-11-4-12(6-17(26-2)19(11)24)21-15-9-29-22(16(15)10-28-21)13-5-14(8-23)20(25)18(7-13)27-3/h4-7,15-16,21-25H,8-10H2,1-3H3/t15-,16-,21?,22?/m0/s1. The summed E-state index contributed by atoms with van der Waals surface area (Å²) in [5.41, 5.74) is 2.94. The summed E-state index contributed by atoms with van der Waals surface area (Å²) in [5.74, 6) is 1.10. The van der Waals surface area contributed by atoms with Crippen LogP contribution in [-0.2, 0) is 16.1 Å². The molecule has 2 aliphatic rings. The Morgan fingerprint density at radius 2 is 1.38 bits per heavy atom. The van der Waals surface area contributed by atoms with E-state index in [-0.39, 0.29) is 42.1 Å². The Morgan fingerprint density at radius 1 is 0.862 bits per heavy atom. The van der Waals surface area contributed by atoms with Gasteiger partial charge in [-0.3, -0.25) is 0 Å². The SMILES string of the molecule is COc1cc(C2OC[C@@H]3C(c4cc(CO)c(O)c(OC)c4)OC[C@H]23)cc(C)c1O. The molecule has 0 aliphatic carbocycles. The van der Waals surface area contributed by atoms with Crippen molar-refractivity contribution in [3.8, 4) is 23.0 Å². The van der Waals surface area contributed by atoms with E-state index in [2.05, 4.69) is 0 Å². The average molecular weight is 402 g/mol. The normalized spacial score (nSPS) is 25.8. The molecule has 156 valence electrons. The van der Waals surface area contributed by atoms with Crippen LogP contribution in [0.25, 0.3) is 0 Å². The minimum Gasteiger partial charge on any atom is -0.504 e. The monoisotopic (exact) mass is 402 g/mol. The van der Waals surface area contributed by atoms with Gasteiger partial charge in [0, 0.05) is 17.4 Å². The molecule has 2 aromatic carbocycles. The molecule has 0 saturated carbocycles. The Kier molecular flexibility index (Phi) is 5.29. The number of hydrogen-bond donors (Lipinski definition) is 3. The van der Waals surface area contributed by atoms with Crippen molar-refractivity contribution >= 4 is 0 Å². The van der Waals surface area contributed by atoms with Crippen molar-refractivity contribution in [3.05, 3.63) is 46.5 Å². The van der Waals surface area contributed by atoms with Crippen LogP contribution in [-0.4, -0.2) is 42.8 Å². The largest absolute Gasteiger partial charge is 0.504 e. The summed E-state index contributed by atoms with van der Waals surface area (Å²) in [4.78, 5) is 0. The molecule has 3 N–H and O–H groups in total. The smallest absolute Gasteiger partial charge is 0.163 e. The van der Waals surface area contributed by atoms with E-state index >= 15 is 0 Å². The van der Waals surface area contributed by atoms with Gasteiger partial charge >= 0.3 is 0 Å². The number of fused-ring (bicyclic) bond motifs is 1. The zero-order valence-corrected chi connectivity index (χ0v) is 16.7. The number of benzene rings is 2. The van der Waals surface area contributed by atoms with E-state index in [1.165, 1.54) is 14.2 Å². The molecule has 2 aromatic rings. The van der Waals surface area contributed by atoms with Crippen molar-refractivity contribution in [2.24, 2.45) is 11.8 Å². The highest BCUT2D eigenvalue weighted by atomic mass is 16.5. The summed E-state index contributed by atoms with van der Waals surface area (Å²) in [7, 11) is 3.01. The van der Waals surface area contributed by atoms with E-state index < -0.39 is 0 Å². The van der Waals surface area contributed by atoms with Crippen molar-refractivity contribution in [2.45, 2.75) is 25.7 Å². The fourth-order valence-electron chi connectivity index (χ4n) is 4.46. The van der Waals surface area contributed by atoms with Gasteiger partial charge in [-0.25, -0.2) is 0 Å². The maximum atomic E-state index is 10.1. The second kappa shape index (κ2) is 7.74. The van der Waals surface area contributed by atoms with Gasteiger partial charge < -0.3 is 34.3 Å². The van der Waals surface area contributed by atoms with Gasteiger partial charge in [-0.15, -0.1) is 0 Å². The molecule has 7 heteroatoms. The molecule has 0 aromatic heterocycles. The summed E-state index contributed by atoms with van der Waals surface area (Å²) in [5, 5.41) is 29.8. The number of aliphatic hydroxyl groups excluding tert-OH is 1. The number of phenolic OH excluding ortho intramolecular Hbond substituents is 1. The molecule has 0 amide bonds. The van der Waals surface area contributed by atoms with Crippen molar-refractivity contribution in [1.82, 2.24) is 0 Å². The predicted octanol–water partition coefficient (Wildman–Crippen LogP) is 2.99. The second-order valence-corrected chi connectivity index (χ2v) is 7.61. The fourth-order valence-corrected chi connectivity index (χ4v) is 4.46. The lowest BCUT2D eigenvalue weighted by Crippen LogP contribution is -2.15. The highest BCUT2D eigenvalue weighted by Crippen LogP contribution is 2.52. The number of hydrogen-bond acceptors (Lipinski definition) is 7. The van der Waals surface area contributed by atoms with E-state index in [0.29, 0.717) is 30.3 Å². The van der Waals surface area contributed by atoms with E-state index in [0.717, 1.165) is 16.7 Å². The van der Waals surface area contributed by atoms with Crippen LogP contribution < -0.4 is 9.47 Å². The van der Waals surface area contributed by atoms with Gasteiger partial charge in [0.05, 0.1) is 46.2 Å². The number of aromatic hydroxyl groups is 2. The molecular weight excluding hydrogens is 376 g/mol. The van der Waals surface area contributed by atoms with Crippen LogP contribution in [0, 0.1) is 18.8 Å². The van der Waals surface area contributed by atoms with E-state index in [1.54, 1.807) is 12.1 Å². The molecule has 0 spiro atoms. The molecule has 0 bridgehead atoms. The minimum atomic E-state index is -0.289. The van der Waals surface area contributed by atoms with Crippen LogP contribution in [0.4, 0.5) is 0 Å². The minimum absolute atomic E-state index is 0.0551. The summed E-state index contributed by atoms with van der Waals surface area (Å²) >= 11 is 0. The predicted molar refractivity (Wildman–Crippen MR) is 104 cm³/mol. The van der Waals surface area contributed by atoms with Crippen LogP contribution in [0.15, 0.2) is 24.3 Å². The van der Waals surface area contributed by atoms with Gasteiger partial charge in [-0.2, -0.15) is 0 Å². The fraction of sp³-hybridized carbons (Fsp3) is 0.455. The first-order valence-electron chi connectivity index (χ1n) is 9.59. The number of phenols is 2. The van der Waals surface area contributed by atoms with Gasteiger partial charge in [0.1, 0.15) is 0 Å². The number of methoxy groups -OCH3 is 2. The van der Waals surface area contributed by atoms with Gasteiger partial charge in [0.25, 0.3) is 0 Å². The molecule has 2 heterocycles. The molecule has 2 fully saturated rings. The molecule has 4 rings (SSSR count). The molecule has 29 heavy (non-hydrogen) atoms. The molecular formula is C22H26O7. The first-order valence-corrected chi connectivity index (χ1v) is 9.59. The molecule has 2 aliphatic heterocycles. The lowest BCUT2D eigenvalue weighted by atomic mass is 9.84. The number of rotatable bonds is 5. The Balaban J connectivity index is 1.63. The Morgan fingerprint density at radius 3 is 1.90 bits per heavy atom. The zero-order valence-electron chi connectivity index (χ0n) is 16.7.